The molecule has 0 atom stereocenters. The van der Waals surface area contributed by atoms with Gasteiger partial charge in [0.2, 0.25) is 0 Å². The van der Waals surface area contributed by atoms with Crippen molar-refractivity contribution in [3.63, 3.8) is 0 Å². The van der Waals surface area contributed by atoms with Crippen molar-refractivity contribution in [1.82, 2.24) is 0 Å². The van der Waals surface area contributed by atoms with Crippen molar-refractivity contribution in [1.29, 1.82) is 0 Å². The molecule has 0 rings (SSSR count). The van der Waals surface area contributed by atoms with Crippen LogP contribution in [0.25, 0.3) is 0 Å². The monoisotopic (exact) mass is 154 g/mol. The molecule has 0 aromatic heterocycles. The fraction of sp³-hybridized carbons (Fsp3) is 0.556. The standard InChI is InChI=1S/C9H18Si/c1-6(2)7(3)8(4)9(5)10/h1-5,10H3. The Morgan fingerprint density at radius 3 is 1.30 bits per heavy atom. The van der Waals surface area contributed by atoms with Gasteiger partial charge in [-0.25, -0.2) is 0 Å². The van der Waals surface area contributed by atoms with Gasteiger partial charge in [-0.05, 0) is 34.6 Å². The van der Waals surface area contributed by atoms with Crippen LogP contribution >= 0.6 is 0 Å². The van der Waals surface area contributed by atoms with E-state index in [1.807, 2.05) is 0 Å². The van der Waals surface area contributed by atoms with Gasteiger partial charge in [-0.15, -0.1) is 0 Å². The Morgan fingerprint density at radius 1 is 0.800 bits per heavy atom. The highest BCUT2D eigenvalue weighted by Gasteiger charge is 1.95. The normalized spacial score (nSPS) is 12.9. The summed E-state index contributed by atoms with van der Waals surface area (Å²) in [6.45, 7) is 11.0. The molecule has 0 saturated carbocycles. The van der Waals surface area contributed by atoms with Crippen LogP contribution < -0.4 is 0 Å². The molecule has 10 heavy (non-hydrogen) atoms. The summed E-state index contributed by atoms with van der Waals surface area (Å²) in [6, 6.07) is 0. The van der Waals surface area contributed by atoms with Gasteiger partial charge in [-0.3, -0.25) is 0 Å². The molecule has 0 heterocycles. The van der Waals surface area contributed by atoms with Gasteiger partial charge in [0.05, 0.1) is 0 Å². The molecule has 0 bridgehead atoms. The Labute approximate surface area is 67.5 Å². The molecule has 0 unspecified atom stereocenters. The van der Waals surface area contributed by atoms with E-state index in [0.29, 0.717) is 0 Å². The summed E-state index contributed by atoms with van der Waals surface area (Å²) in [5, 5.41) is 1.55. The van der Waals surface area contributed by atoms with Gasteiger partial charge in [-0.1, -0.05) is 21.9 Å². The second-order valence-corrected chi connectivity index (χ2v) is 4.75. The smallest absolute Gasteiger partial charge is 0.0332 e. The molecule has 0 saturated heterocycles. The van der Waals surface area contributed by atoms with E-state index in [9.17, 15) is 0 Å². The van der Waals surface area contributed by atoms with Crippen molar-refractivity contribution in [2.45, 2.75) is 34.6 Å². The first-order valence-electron chi connectivity index (χ1n) is 3.75. The van der Waals surface area contributed by atoms with Gasteiger partial charge in [-0.2, -0.15) is 0 Å². The molecule has 0 spiro atoms. The van der Waals surface area contributed by atoms with Gasteiger partial charge in [0.15, 0.2) is 0 Å². The van der Waals surface area contributed by atoms with Crippen LogP contribution in [0.15, 0.2) is 21.9 Å². The lowest BCUT2D eigenvalue weighted by Crippen LogP contribution is -1.87. The van der Waals surface area contributed by atoms with Crippen LogP contribution in [-0.2, 0) is 0 Å². The van der Waals surface area contributed by atoms with Crippen molar-refractivity contribution in [2.24, 2.45) is 0 Å². The van der Waals surface area contributed by atoms with E-state index >= 15 is 0 Å². The summed E-state index contributed by atoms with van der Waals surface area (Å²) in [5.74, 6) is 0. The van der Waals surface area contributed by atoms with Crippen LogP contribution in [0.4, 0.5) is 0 Å². The van der Waals surface area contributed by atoms with E-state index in [4.69, 9.17) is 0 Å². The molecule has 0 N–H and O–H groups in total. The lowest BCUT2D eigenvalue weighted by atomic mass is 10.1. The Hall–Kier alpha value is -0.303. The maximum atomic E-state index is 2.22. The topological polar surface area (TPSA) is 0 Å². The summed E-state index contributed by atoms with van der Waals surface area (Å²) < 4.78 is 0. The quantitative estimate of drug-likeness (QED) is 0.400. The molecule has 58 valence electrons. The van der Waals surface area contributed by atoms with Crippen molar-refractivity contribution in [3.05, 3.63) is 21.9 Å². The third kappa shape index (κ3) is 2.52. The SMILES string of the molecule is CC(C)=C(C)C(C)=C(C)[SiH3]. The highest BCUT2D eigenvalue weighted by atomic mass is 28.1. The molecule has 0 aliphatic carbocycles. The second-order valence-electron chi connectivity index (χ2n) is 3.25. The van der Waals surface area contributed by atoms with E-state index in [0.717, 1.165) is 0 Å². The third-order valence-corrected chi connectivity index (χ3v) is 2.81. The van der Waals surface area contributed by atoms with Gasteiger partial charge >= 0.3 is 0 Å². The molecule has 0 aliphatic heterocycles. The van der Waals surface area contributed by atoms with Gasteiger partial charge in [0.1, 0.15) is 0 Å². The summed E-state index contributed by atoms with van der Waals surface area (Å²) >= 11 is 0. The Morgan fingerprint density at radius 2 is 1.20 bits per heavy atom. The maximum absolute atomic E-state index is 2.22. The minimum Gasteiger partial charge on any atom is -0.0917 e. The molecule has 0 radical (unpaired) electrons. The highest BCUT2D eigenvalue weighted by molar-refractivity contribution is 6.21. The van der Waals surface area contributed by atoms with E-state index in [-0.39, 0.29) is 0 Å². The molecule has 0 nitrogen and oxygen atoms in total. The molecule has 0 aliphatic rings. The van der Waals surface area contributed by atoms with Crippen LogP contribution in [0.1, 0.15) is 34.6 Å². The average molecular weight is 154 g/mol. The van der Waals surface area contributed by atoms with Crippen molar-refractivity contribution in [3.8, 4) is 0 Å². The van der Waals surface area contributed by atoms with Gasteiger partial charge in [0.25, 0.3) is 0 Å². The summed E-state index contributed by atoms with van der Waals surface area (Å²) in [6.07, 6.45) is 0. The van der Waals surface area contributed by atoms with Crippen molar-refractivity contribution >= 4 is 10.2 Å². The van der Waals surface area contributed by atoms with Crippen LogP contribution in [0, 0.1) is 0 Å². The van der Waals surface area contributed by atoms with Crippen LogP contribution in [0.5, 0.6) is 0 Å². The number of rotatable bonds is 1. The van der Waals surface area contributed by atoms with Crippen LogP contribution in [-0.4, -0.2) is 10.2 Å². The number of hydrogen-bond acceptors (Lipinski definition) is 0. The van der Waals surface area contributed by atoms with Gasteiger partial charge < -0.3 is 0 Å². The predicted octanol–water partition coefficient (Wildman–Crippen LogP) is 2.00. The van der Waals surface area contributed by atoms with E-state index in [1.54, 1.807) is 5.20 Å². The minimum atomic E-state index is 1.19. The zero-order valence-corrected chi connectivity index (χ0v) is 10.0. The summed E-state index contributed by atoms with van der Waals surface area (Å²) in [4.78, 5) is 0. The summed E-state index contributed by atoms with van der Waals surface area (Å²) in [7, 11) is 1.19. The molecule has 1 heteroatoms. The van der Waals surface area contributed by atoms with E-state index in [1.165, 1.54) is 27.0 Å². The van der Waals surface area contributed by atoms with Crippen LogP contribution in [0.3, 0.4) is 0 Å². The highest BCUT2D eigenvalue weighted by Crippen LogP contribution is 2.15. The molecular formula is C9H18Si. The Kier molecular flexibility index (Phi) is 3.65. The minimum absolute atomic E-state index is 1.19. The van der Waals surface area contributed by atoms with E-state index in [2.05, 4.69) is 34.6 Å². The largest absolute Gasteiger partial charge is 0.0917 e. The lowest BCUT2D eigenvalue weighted by Gasteiger charge is -2.05. The molecule has 0 aromatic carbocycles. The number of allylic oxidation sites excluding steroid dienone is 4. The zero-order valence-electron chi connectivity index (χ0n) is 8.00. The first kappa shape index (κ1) is 9.70. The molecule has 0 fully saturated rings. The zero-order chi connectivity index (χ0) is 8.31. The molecular weight excluding hydrogens is 136 g/mol. The van der Waals surface area contributed by atoms with Gasteiger partial charge in [0, 0.05) is 10.2 Å². The first-order valence-corrected chi connectivity index (χ1v) is 4.75. The van der Waals surface area contributed by atoms with Crippen molar-refractivity contribution in [2.75, 3.05) is 0 Å². The van der Waals surface area contributed by atoms with Crippen molar-refractivity contribution < 1.29 is 0 Å². The van der Waals surface area contributed by atoms with Crippen LogP contribution in [0.2, 0.25) is 0 Å². The van der Waals surface area contributed by atoms with E-state index < -0.39 is 0 Å². The Bertz CT molecular complexity index is 155. The summed E-state index contributed by atoms with van der Waals surface area (Å²) in [5.41, 5.74) is 4.40. The second kappa shape index (κ2) is 3.77. The third-order valence-electron chi connectivity index (χ3n) is 2.06. The average Bonchev–Trinajstić information content (AvgIpc) is 1.84. The Balaban J connectivity index is 4.71. The first-order chi connectivity index (χ1) is 4.46. The molecule has 0 aromatic rings. The maximum Gasteiger partial charge on any atom is 0.0332 e. The molecule has 0 amide bonds. The number of hydrogen-bond donors (Lipinski definition) is 0. The fourth-order valence-corrected chi connectivity index (χ4v) is 1.12. The lowest BCUT2D eigenvalue weighted by molar-refractivity contribution is 1.21. The predicted molar refractivity (Wildman–Crippen MR) is 52.4 cm³/mol. The fourth-order valence-electron chi connectivity index (χ4n) is 0.750.